The maximum atomic E-state index is 12.2. The summed E-state index contributed by atoms with van der Waals surface area (Å²) in [6, 6.07) is 12.0. The summed E-state index contributed by atoms with van der Waals surface area (Å²) in [6.45, 7) is 2.74. The fourth-order valence-corrected chi connectivity index (χ4v) is 2.37. The first kappa shape index (κ1) is 19.3. The van der Waals surface area contributed by atoms with Crippen molar-refractivity contribution in [3.05, 3.63) is 53.6 Å². The summed E-state index contributed by atoms with van der Waals surface area (Å²) in [5.74, 6) is -0.0794. The number of carbonyl (C=O) groups is 2. The second-order valence-electron chi connectivity index (χ2n) is 5.76. The highest BCUT2D eigenvalue weighted by Crippen LogP contribution is 2.26. The van der Waals surface area contributed by atoms with Crippen molar-refractivity contribution < 1.29 is 24.2 Å². The molecule has 6 nitrogen and oxygen atoms in total. The van der Waals surface area contributed by atoms with Gasteiger partial charge < -0.3 is 19.9 Å². The highest BCUT2D eigenvalue weighted by Gasteiger charge is 2.11. The molecule has 0 atom stereocenters. The zero-order valence-corrected chi connectivity index (χ0v) is 15.0. The SMILES string of the molecule is CCCOc1ccc(CCC(=O)Nc2ccc(C(=O)O)cc2OC)cc1. The Balaban J connectivity index is 1.91. The third kappa shape index (κ3) is 5.51. The van der Waals surface area contributed by atoms with Crippen LogP contribution >= 0.6 is 0 Å². The lowest BCUT2D eigenvalue weighted by molar-refractivity contribution is -0.116. The van der Waals surface area contributed by atoms with Crippen molar-refractivity contribution in [3.63, 3.8) is 0 Å². The highest BCUT2D eigenvalue weighted by molar-refractivity contribution is 5.94. The number of methoxy groups -OCH3 is 1. The molecule has 0 aliphatic rings. The average Bonchev–Trinajstić information content (AvgIpc) is 2.65. The number of amides is 1. The molecule has 138 valence electrons. The van der Waals surface area contributed by atoms with E-state index < -0.39 is 5.97 Å². The number of aromatic carboxylic acids is 1. The summed E-state index contributed by atoms with van der Waals surface area (Å²) in [4.78, 5) is 23.2. The number of carboxylic acids is 1. The number of carbonyl (C=O) groups excluding carboxylic acids is 1. The van der Waals surface area contributed by atoms with Crippen LogP contribution in [0.2, 0.25) is 0 Å². The zero-order valence-electron chi connectivity index (χ0n) is 15.0. The van der Waals surface area contributed by atoms with Gasteiger partial charge in [0.05, 0.1) is 25.0 Å². The first-order valence-corrected chi connectivity index (χ1v) is 8.46. The first-order chi connectivity index (χ1) is 12.5. The molecule has 0 saturated carbocycles. The normalized spacial score (nSPS) is 10.2. The molecule has 1 amide bonds. The van der Waals surface area contributed by atoms with Gasteiger partial charge in [0.15, 0.2) is 0 Å². The molecule has 0 bridgehead atoms. The molecule has 0 radical (unpaired) electrons. The van der Waals surface area contributed by atoms with Crippen LogP contribution in [-0.4, -0.2) is 30.7 Å². The molecule has 6 heteroatoms. The van der Waals surface area contributed by atoms with E-state index in [-0.39, 0.29) is 11.5 Å². The van der Waals surface area contributed by atoms with E-state index in [9.17, 15) is 9.59 Å². The van der Waals surface area contributed by atoms with E-state index in [4.69, 9.17) is 14.6 Å². The molecule has 0 aliphatic heterocycles. The number of ether oxygens (including phenoxy) is 2. The van der Waals surface area contributed by atoms with Gasteiger partial charge in [0.1, 0.15) is 11.5 Å². The van der Waals surface area contributed by atoms with Gasteiger partial charge in [-0.3, -0.25) is 4.79 Å². The van der Waals surface area contributed by atoms with Crippen LogP contribution in [0.1, 0.15) is 35.7 Å². The first-order valence-electron chi connectivity index (χ1n) is 8.46. The smallest absolute Gasteiger partial charge is 0.335 e. The fourth-order valence-electron chi connectivity index (χ4n) is 2.37. The zero-order chi connectivity index (χ0) is 18.9. The standard InChI is InChI=1S/C20H23NO5/c1-3-12-26-16-8-4-14(5-9-16)6-11-19(22)21-17-10-7-15(20(23)24)13-18(17)25-2/h4-5,7-10,13H,3,6,11-12H2,1-2H3,(H,21,22)(H,23,24). The van der Waals surface area contributed by atoms with Crippen molar-refractivity contribution in [1.82, 2.24) is 0 Å². The lowest BCUT2D eigenvalue weighted by Crippen LogP contribution is -2.13. The van der Waals surface area contributed by atoms with Crippen LogP contribution < -0.4 is 14.8 Å². The number of nitrogens with one attached hydrogen (secondary N) is 1. The maximum Gasteiger partial charge on any atom is 0.335 e. The van der Waals surface area contributed by atoms with Gasteiger partial charge in [0.2, 0.25) is 5.91 Å². The number of benzene rings is 2. The summed E-state index contributed by atoms with van der Waals surface area (Å²) >= 11 is 0. The fraction of sp³-hybridized carbons (Fsp3) is 0.300. The minimum atomic E-state index is -1.05. The number of carboxylic acid groups (broad SMARTS) is 1. The molecule has 2 N–H and O–H groups in total. The molecule has 0 heterocycles. The topological polar surface area (TPSA) is 84.9 Å². The van der Waals surface area contributed by atoms with Crippen molar-refractivity contribution in [2.45, 2.75) is 26.2 Å². The molecule has 2 rings (SSSR count). The van der Waals surface area contributed by atoms with Crippen LogP contribution in [-0.2, 0) is 11.2 Å². The Kier molecular flexibility index (Phi) is 7.02. The van der Waals surface area contributed by atoms with Crippen molar-refractivity contribution in [2.24, 2.45) is 0 Å². The van der Waals surface area contributed by atoms with E-state index in [1.165, 1.54) is 25.3 Å². The van der Waals surface area contributed by atoms with Crippen molar-refractivity contribution in [1.29, 1.82) is 0 Å². The van der Waals surface area contributed by atoms with Crippen molar-refractivity contribution in [2.75, 3.05) is 19.0 Å². The Morgan fingerprint density at radius 3 is 2.46 bits per heavy atom. The van der Waals surface area contributed by atoms with E-state index in [0.717, 1.165) is 17.7 Å². The van der Waals surface area contributed by atoms with Gasteiger partial charge >= 0.3 is 5.97 Å². The van der Waals surface area contributed by atoms with Crippen LogP contribution in [0.5, 0.6) is 11.5 Å². The minimum absolute atomic E-state index is 0.102. The second-order valence-corrected chi connectivity index (χ2v) is 5.76. The highest BCUT2D eigenvalue weighted by atomic mass is 16.5. The van der Waals surface area contributed by atoms with Crippen LogP contribution in [0.15, 0.2) is 42.5 Å². The molecule has 2 aromatic carbocycles. The third-order valence-electron chi connectivity index (χ3n) is 3.76. The molecule has 0 spiro atoms. The van der Waals surface area contributed by atoms with Gasteiger partial charge in [-0.2, -0.15) is 0 Å². The second kappa shape index (κ2) is 9.46. The molecule has 0 saturated heterocycles. The van der Waals surface area contributed by atoms with E-state index in [0.29, 0.717) is 30.9 Å². The van der Waals surface area contributed by atoms with Gasteiger partial charge in [-0.25, -0.2) is 4.79 Å². The average molecular weight is 357 g/mol. The summed E-state index contributed by atoms with van der Waals surface area (Å²) in [6.07, 6.45) is 1.85. The van der Waals surface area contributed by atoms with Crippen molar-refractivity contribution in [3.8, 4) is 11.5 Å². The lowest BCUT2D eigenvalue weighted by Gasteiger charge is -2.11. The van der Waals surface area contributed by atoms with E-state index in [1.54, 1.807) is 0 Å². The Bertz CT molecular complexity index is 755. The van der Waals surface area contributed by atoms with Crippen LogP contribution in [0.3, 0.4) is 0 Å². The minimum Gasteiger partial charge on any atom is -0.495 e. The molecule has 0 fully saturated rings. The maximum absolute atomic E-state index is 12.2. The third-order valence-corrected chi connectivity index (χ3v) is 3.76. The molecule has 0 unspecified atom stereocenters. The van der Waals surface area contributed by atoms with E-state index in [2.05, 4.69) is 12.2 Å². The molecule has 0 aromatic heterocycles. The van der Waals surface area contributed by atoms with Gasteiger partial charge in [0, 0.05) is 6.42 Å². The predicted molar refractivity (Wildman–Crippen MR) is 99.1 cm³/mol. The Hall–Kier alpha value is -3.02. The number of hydrogen-bond donors (Lipinski definition) is 2. The quantitative estimate of drug-likeness (QED) is 0.714. The van der Waals surface area contributed by atoms with Crippen molar-refractivity contribution >= 4 is 17.6 Å². The predicted octanol–water partition coefficient (Wildman–Crippen LogP) is 3.75. The van der Waals surface area contributed by atoms with Crippen LogP contribution in [0.4, 0.5) is 5.69 Å². The molecule has 2 aromatic rings. The number of hydrogen-bond acceptors (Lipinski definition) is 4. The number of anilines is 1. The number of rotatable bonds is 9. The molecular formula is C20H23NO5. The molecule has 0 aliphatic carbocycles. The van der Waals surface area contributed by atoms with Gasteiger partial charge in [0.25, 0.3) is 0 Å². The van der Waals surface area contributed by atoms with Gasteiger partial charge in [-0.15, -0.1) is 0 Å². The summed E-state index contributed by atoms with van der Waals surface area (Å²) in [5.41, 5.74) is 1.59. The Morgan fingerprint density at radius 1 is 1.12 bits per heavy atom. The Labute approximate surface area is 152 Å². The lowest BCUT2D eigenvalue weighted by atomic mass is 10.1. The van der Waals surface area contributed by atoms with Gasteiger partial charge in [-0.1, -0.05) is 19.1 Å². The van der Waals surface area contributed by atoms with E-state index in [1.807, 2.05) is 24.3 Å². The molecular weight excluding hydrogens is 334 g/mol. The summed E-state index contributed by atoms with van der Waals surface area (Å²) < 4.78 is 10.7. The monoisotopic (exact) mass is 357 g/mol. The Morgan fingerprint density at radius 2 is 1.85 bits per heavy atom. The van der Waals surface area contributed by atoms with E-state index >= 15 is 0 Å². The van der Waals surface area contributed by atoms with Crippen LogP contribution in [0.25, 0.3) is 0 Å². The largest absolute Gasteiger partial charge is 0.495 e. The number of aryl methyl sites for hydroxylation is 1. The molecule has 26 heavy (non-hydrogen) atoms. The van der Waals surface area contributed by atoms with Crippen LogP contribution in [0, 0.1) is 0 Å². The summed E-state index contributed by atoms with van der Waals surface area (Å²) in [7, 11) is 1.43. The summed E-state index contributed by atoms with van der Waals surface area (Å²) in [5, 5.41) is 11.8. The van der Waals surface area contributed by atoms with Gasteiger partial charge in [-0.05, 0) is 48.7 Å².